The molecule has 1 rings (SSSR count). The van der Waals surface area contributed by atoms with Crippen molar-refractivity contribution in [2.45, 2.75) is 19.4 Å². The van der Waals surface area contributed by atoms with Gasteiger partial charge in [0, 0.05) is 13.3 Å². The highest BCUT2D eigenvalue weighted by atomic mass is 16.6. The number of amides is 2. The van der Waals surface area contributed by atoms with Crippen molar-refractivity contribution in [3.05, 3.63) is 29.8 Å². The van der Waals surface area contributed by atoms with Crippen LogP contribution >= 0.6 is 0 Å². The summed E-state index contributed by atoms with van der Waals surface area (Å²) < 4.78 is 0. The molecule has 1 aromatic rings. The molecule has 0 saturated carbocycles. The first-order chi connectivity index (χ1) is 8.54. The maximum Gasteiger partial charge on any atom is 0.266 e. The average Bonchev–Trinajstić information content (AvgIpc) is 2.31. The summed E-state index contributed by atoms with van der Waals surface area (Å²) in [5.41, 5.74) is 2.73. The minimum atomic E-state index is -0.796. The van der Waals surface area contributed by atoms with Gasteiger partial charge in [-0.2, -0.15) is 0 Å². The Bertz CT molecular complexity index is 434. The molecule has 0 fully saturated rings. The molecule has 0 radical (unpaired) electrons. The van der Waals surface area contributed by atoms with Crippen LogP contribution in [0.3, 0.4) is 0 Å². The van der Waals surface area contributed by atoms with Crippen molar-refractivity contribution in [3.63, 3.8) is 0 Å². The topological polar surface area (TPSA) is 87.7 Å². The summed E-state index contributed by atoms with van der Waals surface area (Å²) in [5.74, 6) is -0.726. The normalized spacial score (nSPS) is 11.7. The van der Waals surface area contributed by atoms with Crippen molar-refractivity contribution in [1.29, 1.82) is 0 Å². The smallest absolute Gasteiger partial charge is 0.266 e. The molecular formula is C12H16N2O4. The van der Waals surface area contributed by atoms with Gasteiger partial charge in [0.05, 0.1) is 7.11 Å². The number of para-hydroxylation sites is 1. The lowest BCUT2D eigenvalue weighted by Gasteiger charge is -2.17. The second-order valence-corrected chi connectivity index (χ2v) is 3.76. The van der Waals surface area contributed by atoms with Crippen molar-refractivity contribution in [2.24, 2.45) is 0 Å². The Hall–Kier alpha value is -2.08. The van der Waals surface area contributed by atoms with Gasteiger partial charge in [-0.25, -0.2) is 5.48 Å². The van der Waals surface area contributed by atoms with Crippen molar-refractivity contribution < 1.29 is 19.5 Å². The number of phenols is 1. The Balaban J connectivity index is 2.81. The number of rotatable bonds is 5. The van der Waals surface area contributed by atoms with Crippen LogP contribution in [0, 0.1) is 0 Å². The number of aromatic hydroxyl groups is 1. The molecule has 3 N–H and O–H groups in total. The molecule has 0 aromatic heterocycles. The zero-order valence-electron chi connectivity index (χ0n) is 10.3. The highest BCUT2D eigenvalue weighted by molar-refractivity contribution is 5.86. The fourth-order valence-corrected chi connectivity index (χ4v) is 1.53. The van der Waals surface area contributed by atoms with Crippen LogP contribution in [0.4, 0.5) is 0 Å². The number of benzene rings is 1. The third kappa shape index (κ3) is 4.06. The number of hydroxylamine groups is 1. The van der Waals surface area contributed by atoms with Crippen molar-refractivity contribution >= 4 is 11.8 Å². The minimum absolute atomic E-state index is 0.0815. The van der Waals surface area contributed by atoms with Crippen LogP contribution in [0.5, 0.6) is 5.75 Å². The van der Waals surface area contributed by atoms with Crippen molar-refractivity contribution in [1.82, 2.24) is 10.8 Å². The third-order valence-corrected chi connectivity index (χ3v) is 2.31. The summed E-state index contributed by atoms with van der Waals surface area (Å²) in [6, 6.07) is 5.84. The van der Waals surface area contributed by atoms with E-state index in [1.165, 1.54) is 20.1 Å². The van der Waals surface area contributed by atoms with Gasteiger partial charge in [0.1, 0.15) is 11.8 Å². The fraction of sp³-hybridized carbons (Fsp3) is 0.333. The summed E-state index contributed by atoms with van der Waals surface area (Å²) in [7, 11) is 1.31. The van der Waals surface area contributed by atoms with E-state index in [0.29, 0.717) is 5.56 Å². The lowest BCUT2D eigenvalue weighted by molar-refractivity contribution is -0.136. The van der Waals surface area contributed by atoms with Crippen LogP contribution in [0.15, 0.2) is 24.3 Å². The summed E-state index contributed by atoms with van der Waals surface area (Å²) in [6.07, 6.45) is 0.182. The van der Waals surface area contributed by atoms with E-state index in [-0.39, 0.29) is 18.1 Å². The molecule has 1 unspecified atom stereocenters. The second kappa shape index (κ2) is 6.61. The predicted octanol–water partition coefficient (Wildman–Crippen LogP) is 0.117. The standard InChI is InChI=1S/C12H16N2O4/c1-8(15)13-10(12(17)14-18-2)7-9-5-3-4-6-11(9)16/h3-6,10,16H,7H2,1-2H3,(H,13,15)(H,14,17). The molecule has 6 nitrogen and oxygen atoms in total. The SMILES string of the molecule is CONC(=O)C(Cc1ccccc1O)NC(C)=O. The highest BCUT2D eigenvalue weighted by Gasteiger charge is 2.21. The number of carbonyl (C=O) groups excluding carboxylic acids is 2. The van der Waals surface area contributed by atoms with Gasteiger partial charge < -0.3 is 10.4 Å². The quantitative estimate of drug-likeness (QED) is 0.649. The fourth-order valence-electron chi connectivity index (χ4n) is 1.53. The summed E-state index contributed by atoms with van der Waals surface area (Å²) in [6.45, 7) is 1.32. The van der Waals surface area contributed by atoms with E-state index < -0.39 is 11.9 Å². The molecule has 6 heteroatoms. The molecule has 0 aliphatic carbocycles. The summed E-state index contributed by atoms with van der Waals surface area (Å²) in [4.78, 5) is 27.2. The molecule has 0 saturated heterocycles. The average molecular weight is 252 g/mol. The van der Waals surface area contributed by atoms with E-state index in [1.54, 1.807) is 18.2 Å². The Morgan fingerprint density at radius 3 is 2.61 bits per heavy atom. The van der Waals surface area contributed by atoms with E-state index in [4.69, 9.17) is 0 Å². The van der Waals surface area contributed by atoms with Gasteiger partial charge >= 0.3 is 0 Å². The lowest BCUT2D eigenvalue weighted by Crippen LogP contribution is -2.47. The van der Waals surface area contributed by atoms with Crippen LogP contribution in [-0.4, -0.2) is 30.1 Å². The molecule has 0 heterocycles. The first-order valence-corrected chi connectivity index (χ1v) is 5.41. The number of nitrogens with one attached hydrogen (secondary N) is 2. The molecule has 1 aromatic carbocycles. The Labute approximate surface area is 105 Å². The van der Waals surface area contributed by atoms with Gasteiger partial charge in [-0.15, -0.1) is 0 Å². The largest absolute Gasteiger partial charge is 0.508 e. The molecule has 18 heavy (non-hydrogen) atoms. The van der Waals surface area contributed by atoms with Gasteiger partial charge in [-0.05, 0) is 11.6 Å². The Kier molecular flexibility index (Phi) is 5.13. The maximum atomic E-state index is 11.7. The van der Waals surface area contributed by atoms with Crippen LogP contribution in [0.25, 0.3) is 0 Å². The van der Waals surface area contributed by atoms with E-state index in [1.807, 2.05) is 0 Å². The van der Waals surface area contributed by atoms with Crippen LogP contribution in [0.2, 0.25) is 0 Å². The third-order valence-electron chi connectivity index (χ3n) is 2.31. The maximum absolute atomic E-state index is 11.7. The molecule has 98 valence electrons. The first kappa shape index (κ1) is 14.0. The monoisotopic (exact) mass is 252 g/mol. The molecule has 2 amide bonds. The van der Waals surface area contributed by atoms with E-state index in [2.05, 4.69) is 15.6 Å². The molecule has 0 spiro atoms. The second-order valence-electron chi connectivity index (χ2n) is 3.76. The first-order valence-electron chi connectivity index (χ1n) is 5.41. The molecule has 0 bridgehead atoms. The van der Waals surface area contributed by atoms with Crippen LogP contribution in [0.1, 0.15) is 12.5 Å². The van der Waals surface area contributed by atoms with Crippen molar-refractivity contribution in [2.75, 3.05) is 7.11 Å². The van der Waals surface area contributed by atoms with Gasteiger partial charge in [0.2, 0.25) is 5.91 Å². The van der Waals surface area contributed by atoms with E-state index >= 15 is 0 Å². The highest BCUT2D eigenvalue weighted by Crippen LogP contribution is 2.17. The van der Waals surface area contributed by atoms with Gasteiger partial charge in [-0.3, -0.25) is 14.4 Å². The van der Waals surface area contributed by atoms with E-state index in [0.717, 1.165) is 0 Å². The Morgan fingerprint density at radius 1 is 1.39 bits per heavy atom. The zero-order valence-corrected chi connectivity index (χ0v) is 10.3. The number of phenolic OH excluding ortho intramolecular Hbond substituents is 1. The lowest BCUT2D eigenvalue weighted by atomic mass is 10.0. The van der Waals surface area contributed by atoms with Crippen LogP contribution in [-0.2, 0) is 20.8 Å². The number of carbonyl (C=O) groups is 2. The Morgan fingerprint density at radius 2 is 2.06 bits per heavy atom. The van der Waals surface area contributed by atoms with Crippen molar-refractivity contribution in [3.8, 4) is 5.75 Å². The van der Waals surface area contributed by atoms with Gasteiger partial charge in [-0.1, -0.05) is 18.2 Å². The molecule has 1 atom stereocenters. The molecule has 0 aliphatic rings. The summed E-state index contributed by atoms with van der Waals surface area (Å²) in [5, 5.41) is 12.1. The predicted molar refractivity (Wildman–Crippen MR) is 64.6 cm³/mol. The molecular weight excluding hydrogens is 236 g/mol. The number of hydrogen-bond donors (Lipinski definition) is 3. The zero-order chi connectivity index (χ0) is 13.5. The van der Waals surface area contributed by atoms with Crippen LogP contribution < -0.4 is 10.8 Å². The minimum Gasteiger partial charge on any atom is -0.508 e. The van der Waals surface area contributed by atoms with Gasteiger partial charge in [0.15, 0.2) is 0 Å². The van der Waals surface area contributed by atoms with E-state index in [9.17, 15) is 14.7 Å². The van der Waals surface area contributed by atoms with Gasteiger partial charge in [0.25, 0.3) is 5.91 Å². The summed E-state index contributed by atoms with van der Waals surface area (Å²) >= 11 is 0. The number of hydrogen-bond acceptors (Lipinski definition) is 4. The molecule has 0 aliphatic heterocycles.